The molecule has 2 aromatic rings. The van der Waals surface area contributed by atoms with Gasteiger partial charge in [-0.25, -0.2) is 8.78 Å². The summed E-state index contributed by atoms with van der Waals surface area (Å²) in [5.74, 6) is -2.41. The predicted molar refractivity (Wildman–Crippen MR) is 89.6 cm³/mol. The van der Waals surface area contributed by atoms with Crippen molar-refractivity contribution in [1.82, 2.24) is 20.1 Å². The second kappa shape index (κ2) is 6.61. The Kier molecular flexibility index (Phi) is 4.66. The third-order valence-corrected chi connectivity index (χ3v) is 4.58. The zero-order chi connectivity index (χ0) is 18.3. The molecule has 1 aromatic carbocycles. The Morgan fingerprint density at radius 1 is 1.32 bits per heavy atom. The van der Waals surface area contributed by atoms with Crippen molar-refractivity contribution in [2.75, 3.05) is 33.7 Å². The van der Waals surface area contributed by atoms with Gasteiger partial charge in [-0.15, -0.1) is 0 Å². The Labute approximate surface area is 147 Å². The van der Waals surface area contributed by atoms with Crippen LogP contribution in [0, 0.1) is 11.6 Å². The van der Waals surface area contributed by atoms with E-state index in [9.17, 15) is 18.4 Å². The minimum Gasteiger partial charge on any atom is -0.348 e. The highest BCUT2D eigenvalue weighted by Gasteiger charge is 2.32. The summed E-state index contributed by atoms with van der Waals surface area (Å²) in [6, 6.07) is 1.87. The highest BCUT2D eigenvalue weighted by atomic mass is 35.5. The number of piperazine rings is 1. The highest BCUT2D eigenvalue weighted by Crippen LogP contribution is 2.31. The van der Waals surface area contributed by atoms with Gasteiger partial charge in [0.1, 0.15) is 17.6 Å². The van der Waals surface area contributed by atoms with E-state index in [1.54, 1.807) is 14.1 Å². The largest absolute Gasteiger partial charge is 0.348 e. The minimum atomic E-state index is -0.890. The molecule has 1 fully saturated rings. The van der Waals surface area contributed by atoms with Crippen LogP contribution < -0.4 is 5.32 Å². The fourth-order valence-electron chi connectivity index (χ4n) is 2.90. The van der Waals surface area contributed by atoms with Crippen LogP contribution in [0.4, 0.5) is 8.78 Å². The van der Waals surface area contributed by atoms with Crippen molar-refractivity contribution in [2.24, 2.45) is 0 Å². The van der Waals surface area contributed by atoms with Gasteiger partial charge in [-0.3, -0.25) is 9.59 Å². The molecule has 2 heterocycles. The number of hydrogen-bond donors (Lipinski definition) is 2. The van der Waals surface area contributed by atoms with E-state index in [2.05, 4.69) is 10.3 Å². The molecule has 3 rings (SSSR count). The zero-order valence-corrected chi connectivity index (χ0v) is 14.5. The molecule has 9 heteroatoms. The smallest absolute Gasteiger partial charge is 0.273 e. The van der Waals surface area contributed by atoms with E-state index in [1.807, 2.05) is 0 Å². The average Bonchev–Trinajstić information content (AvgIpc) is 2.94. The summed E-state index contributed by atoms with van der Waals surface area (Å²) in [5, 5.41) is 2.51. The second-order valence-corrected chi connectivity index (χ2v) is 6.47. The predicted octanol–water partition coefficient (Wildman–Crippen LogP) is 1.60. The van der Waals surface area contributed by atoms with Gasteiger partial charge in [-0.05, 0) is 12.1 Å². The maximum atomic E-state index is 14.6. The van der Waals surface area contributed by atoms with E-state index in [1.165, 1.54) is 15.9 Å². The quantitative estimate of drug-likeness (QED) is 0.843. The number of nitrogens with zero attached hydrogens (tertiary/aromatic N) is 2. The molecule has 134 valence electrons. The van der Waals surface area contributed by atoms with Crippen LogP contribution in [0.1, 0.15) is 10.5 Å². The van der Waals surface area contributed by atoms with Crippen molar-refractivity contribution in [3.8, 4) is 0 Å². The third-order valence-electron chi connectivity index (χ3n) is 4.21. The van der Waals surface area contributed by atoms with Crippen LogP contribution in [-0.4, -0.2) is 66.4 Å². The van der Waals surface area contributed by atoms with Gasteiger partial charge in [0.2, 0.25) is 5.91 Å². The topological polar surface area (TPSA) is 68.4 Å². The summed E-state index contributed by atoms with van der Waals surface area (Å²) in [5.41, 5.74) is -0.0521. The van der Waals surface area contributed by atoms with Gasteiger partial charge in [-0.1, -0.05) is 11.6 Å². The van der Waals surface area contributed by atoms with Crippen LogP contribution in [0.5, 0.6) is 0 Å². The number of halogens is 3. The number of nitrogens with one attached hydrogen (secondary N) is 2. The van der Waals surface area contributed by atoms with Gasteiger partial charge in [-0.2, -0.15) is 0 Å². The molecule has 1 aliphatic rings. The van der Waals surface area contributed by atoms with Gasteiger partial charge >= 0.3 is 0 Å². The van der Waals surface area contributed by atoms with Crippen LogP contribution >= 0.6 is 11.6 Å². The summed E-state index contributed by atoms with van der Waals surface area (Å²) in [6.07, 6.45) is 0. The molecule has 0 radical (unpaired) electrons. The molecule has 1 atom stereocenters. The lowest BCUT2D eigenvalue weighted by atomic mass is 10.1. The molecule has 25 heavy (non-hydrogen) atoms. The second-order valence-electron chi connectivity index (χ2n) is 6.09. The van der Waals surface area contributed by atoms with E-state index >= 15 is 0 Å². The van der Waals surface area contributed by atoms with E-state index in [0.717, 1.165) is 6.07 Å². The normalized spacial score (nSPS) is 17.8. The molecule has 0 aliphatic carbocycles. The summed E-state index contributed by atoms with van der Waals surface area (Å²) in [4.78, 5) is 30.2. The van der Waals surface area contributed by atoms with Gasteiger partial charge in [0.25, 0.3) is 5.91 Å². The van der Waals surface area contributed by atoms with Crippen LogP contribution in [0.3, 0.4) is 0 Å². The van der Waals surface area contributed by atoms with Gasteiger partial charge in [0.15, 0.2) is 5.82 Å². The molecule has 0 spiro atoms. The number of aromatic amines is 1. The van der Waals surface area contributed by atoms with Crippen LogP contribution in [0.15, 0.2) is 12.1 Å². The van der Waals surface area contributed by atoms with Crippen LogP contribution in [0.25, 0.3) is 10.9 Å². The highest BCUT2D eigenvalue weighted by molar-refractivity contribution is 6.35. The van der Waals surface area contributed by atoms with Crippen molar-refractivity contribution < 1.29 is 18.4 Å². The first-order chi connectivity index (χ1) is 11.8. The fourth-order valence-corrected chi connectivity index (χ4v) is 3.15. The Hall–Kier alpha value is -2.19. The molecule has 0 saturated carbocycles. The minimum absolute atomic E-state index is 0.118. The Morgan fingerprint density at radius 3 is 2.72 bits per heavy atom. The Bertz CT molecular complexity index is 852. The zero-order valence-electron chi connectivity index (χ0n) is 13.7. The SMILES string of the molecule is CN(C)C(=O)[C@H]1CN(C(=O)c2[nH]c3ccc(F)c(Cl)c3c2F)CCN1. The Balaban J connectivity index is 1.91. The first-order valence-corrected chi connectivity index (χ1v) is 8.08. The number of amides is 2. The van der Waals surface area contributed by atoms with Crippen molar-refractivity contribution in [3.63, 3.8) is 0 Å². The number of aromatic nitrogens is 1. The van der Waals surface area contributed by atoms with Crippen LogP contribution in [-0.2, 0) is 4.79 Å². The van der Waals surface area contributed by atoms with Gasteiger partial charge in [0.05, 0.1) is 15.9 Å². The van der Waals surface area contributed by atoms with E-state index < -0.39 is 23.6 Å². The van der Waals surface area contributed by atoms with Crippen molar-refractivity contribution in [2.45, 2.75) is 6.04 Å². The molecule has 0 bridgehead atoms. The molecular formula is C16H17ClF2N4O2. The lowest BCUT2D eigenvalue weighted by molar-refractivity contribution is -0.131. The number of carbonyl (C=O) groups excluding carboxylic acids is 2. The molecule has 1 saturated heterocycles. The van der Waals surface area contributed by atoms with Gasteiger partial charge in [0, 0.05) is 33.7 Å². The monoisotopic (exact) mass is 370 g/mol. The summed E-state index contributed by atoms with van der Waals surface area (Å²) < 4.78 is 28.2. The number of benzene rings is 1. The summed E-state index contributed by atoms with van der Waals surface area (Å²) in [6.45, 7) is 0.854. The molecule has 1 aliphatic heterocycles. The first kappa shape index (κ1) is 17.6. The summed E-state index contributed by atoms with van der Waals surface area (Å²) in [7, 11) is 3.25. The molecule has 1 aromatic heterocycles. The maximum Gasteiger partial charge on any atom is 0.273 e. The molecule has 6 nitrogen and oxygen atoms in total. The third kappa shape index (κ3) is 3.07. The fraction of sp³-hybridized carbons (Fsp3) is 0.375. The van der Waals surface area contributed by atoms with E-state index in [0.29, 0.717) is 13.1 Å². The number of rotatable bonds is 2. The molecule has 2 N–H and O–H groups in total. The molecule has 0 unspecified atom stereocenters. The lowest BCUT2D eigenvalue weighted by Gasteiger charge is -2.33. The standard InChI is InChI=1S/C16H17ClF2N4O2/c1-22(2)15(24)10-7-23(6-5-20-10)16(25)14-13(19)11-9(21-14)4-3-8(18)12(11)17/h3-4,10,20-21H,5-7H2,1-2H3/t10-/m1/s1. The molecular weight excluding hydrogens is 354 g/mol. The maximum absolute atomic E-state index is 14.6. The van der Waals surface area contributed by atoms with Crippen LogP contribution in [0.2, 0.25) is 5.02 Å². The lowest BCUT2D eigenvalue weighted by Crippen LogP contribution is -2.58. The number of H-pyrrole nitrogens is 1. The number of fused-ring (bicyclic) bond motifs is 1. The number of likely N-dealkylation sites (N-methyl/N-ethyl adjacent to an activating group) is 1. The van der Waals surface area contributed by atoms with E-state index in [-0.39, 0.29) is 34.1 Å². The van der Waals surface area contributed by atoms with Gasteiger partial charge < -0.3 is 20.1 Å². The molecule has 2 amide bonds. The van der Waals surface area contributed by atoms with Crippen molar-refractivity contribution in [1.29, 1.82) is 0 Å². The Morgan fingerprint density at radius 2 is 2.04 bits per heavy atom. The number of carbonyl (C=O) groups is 2. The average molecular weight is 371 g/mol. The first-order valence-electron chi connectivity index (χ1n) is 7.70. The van der Waals surface area contributed by atoms with Crippen molar-refractivity contribution >= 4 is 34.3 Å². The van der Waals surface area contributed by atoms with E-state index in [4.69, 9.17) is 11.6 Å². The van der Waals surface area contributed by atoms with Crippen molar-refractivity contribution in [3.05, 3.63) is 34.5 Å². The summed E-state index contributed by atoms with van der Waals surface area (Å²) >= 11 is 5.81. The number of hydrogen-bond acceptors (Lipinski definition) is 3.